The Morgan fingerprint density at radius 1 is 0.662 bits per heavy atom. The number of nitriles is 2. The Bertz CT molecular complexity index is 2550. The lowest BCUT2D eigenvalue weighted by atomic mass is 9.89. The number of ketones is 2. The molecule has 0 aromatic heterocycles. The highest BCUT2D eigenvalue weighted by molar-refractivity contribution is 6.74. The number of aliphatic hydroxyl groups excluding tert-OH is 1. The Morgan fingerprint density at radius 3 is 1.37 bits per heavy atom. The SMILES string of the molecule is [C-]#[N+]c1ccc(C[C@@H](C(=O)NCC(=O)c2ccc(C#N)cc2)[C@H](C)O)c(C)c1C.[C-]#[N+]c1ccc(C[C@@H](C(=O)NCC(=O)c2ccc(C#N)cc2)[C@H](C)O[Si](C)(C)C(C)(C)C)c(C)c1C. The number of hydrogen-bond acceptors (Lipinski definition) is 8. The lowest BCUT2D eigenvalue weighted by molar-refractivity contribution is -0.128. The Morgan fingerprint density at radius 2 is 1.03 bits per heavy atom. The van der Waals surface area contributed by atoms with Gasteiger partial charge in [-0.15, -0.1) is 0 Å². The van der Waals surface area contributed by atoms with Gasteiger partial charge in [0.1, 0.15) is 0 Å². The summed E-state index contributed by atoms with van der Waals surface area (Å²) in [6, 6.07) is 23.8. The van der Waals surface area contributed by atoms with Crippen LogP contribution in [0.2, 0.25) is 18.1 Å². The third-order valence-electron chi connectivity index (χ3n) is 12.5. The second kappa shape index (κ2) is 23.3. The fourth-order valence-corrected chi connectivity index (χ4v) is 8.27. The second-order valence-corrected chi connectivity index (χ2v) is 22.6. The maximum Gasteiger partial charge on any atom is 0.226 e. The highest BCUT2D eigenvalue weighted by atomic mass is 28.4. The van der Waals surface area contributed by atoms with Crippen LogP contribution in [0.5, 0.6) is 0 Å². The van der Waals surface area contributed by atoms with E-state index >= 15 is 0 Å². The molecule has 0 saturated carbocycles. The van der Waals surface area contributed by atoms with Gasteiger partial charge in [-0.2, -0.15) is 10.5 Å². The van der Waals surface area contributed by atoms with Gasteiger partial charge in [-0.3, -0.25) is 19.2 Å². The van der Waals surface area contributed by atoms with Crippen molar-refractivity contribution in [2.45, 2.75) is 105 Å². The molecule has 4 rings (SSSR count). The van der Waals surface area contributed by atoms with Gasteiger partial charge in [0.15, 0.2) is 31.3 Å². The van der Waals surface area contributed by atoms with Crippen molar-refractivity contribution in [2.24, 2.45) is 11.8 Å². The first-order chi connectivity index (χ1) is 30.5. The van der Waals surface area contributed by atoms with Crippen molar-refractivity contribution in [1.82, 2.24) is 10.6 Å². The van der Waals surface area contributed by atoms with Crippen molar-refractivity contribution in [1.29, 1.82) is 10.5 Å². The number of amides is 2. The lowest BCUT2D eigenvalue weighted by Crippen LogP contribution is -2.48. The van der Waals surface area contributed by atoms with E-state index in [1.165, 1.54) is 0 Å². The van der Waals surface area contributed by atoms with E-state index in [0.29, 0.717) is 46.5 Å². The topological polar surface area (TPSA) is 178 Å². The van der Waals surface area contributed by atoms with Crippen molar-refractivity contribution in [3.8, 4) is 12.1 Å². The van der Waals surface area contributed by atoms with E-state index in [1.807, 2.05) is 52.8 Å². The molecule has 0 heterocycles. The molecule has 4 aromatic rings. The Labute approximate surface area is 385 Å². The van der Waals surface area contributed by atoms with Gasteiger partial charge in [-0.25, -0.2) is 9.69 Å². The predicted molar refractivity (Wildman–Crippen MR) is 255 cm³/mol. The van der Waals surface area contributed by atoms with Crippen LogP contribution in [0.1, 0.15) is 99.8 Å². The number of nitrogens with one attached hydrogen (secondary N) is 2. The fraction of sp³-hybridized carbons (Fsp3) is 0.385. The summed E-state index contributed by atoms with van der Waals surface area (Å²) in [6.07, 6.45) is -0.520. The summed E-state index contributed by atoms with van der Waals surface area (Å²) in [6.45, 7) is 36.2. The zero-order valence-corrected chi connectivity index (χ0v) is 40.3. The van der Waals surface area contributed by atoms with Crippen LogP contribution in [0.15, 0.2) is 72.8 Å². The molecule has 4 atom stereocenters. The molecule has 0 aliphatic carbocycles. The van der Waals surface area contributed by atoms with Crippen LogP contribution >= 0.6 is 0 Å². The zero-order chi connectivity index (χ0) is 48.8. The van der Waals surface area contributed by atoms with Gasteiger partial charge >= 0.3 is 0 Å². The molecule has 12 nitrogen and oxygen atoms in total. The van der Waals surface area contributed by atoms with E-state index in [-0.39, 0.29) is 41.7 Å². The molecule has 0 aliphatic heterocycles. The first kappa shape index (κ1) is 52.6. The number of hydrogen-bond donors (Lipinski definition) is 3. The summed E-state index contributed by atoms with van der Waals surface area (Å²) in [5.74, 6) is -2.38. The van der Waals surface area contributed by atoms with Crippen LogP contribution in [-0.4, -0.2) is 62.1 Å². The Hall–Kier alpha value is -6.74. The molecule has 0 spiro atoms. The van der Waals surface area contributed by atoms with Gasteiger partial charge in [0.2, 0.25) is 11.8 Å². The molecular formula is C52H60N6O6Si. The third kappa shape index (κ3) is 14.1. The third-order valence-corrected chi connectivity index (χ3v) is 17.1. The van der Waals surface area contributed by atoms with Gasteiger partial charge < -0.3 is 20.2 Å². The van der Waals surface area contributed by atoms with Gasteiger partial charge in [-0.1, -0.05) is 80.4 Å². The second-order valence-electron chi connectivity index (χ2n) is 17.8. The van der Waals surface area contributed by atoms with Crippen molar-refractivity contribution >= 4 is 43.1 Å². The summed E-state index contributed by atoms with van der Waals surface area (Å²) >= 11 is 0. The van der Waals surface area contributed by atoms with E-state index in [1.54, 1.807) is 73.7 Å². The highest BCUT2D eigenvalue weighted by Gasteiger charge is 2.41. The van der Waals surface area contributed by atoms with Crippen molar-refractivity contribution < 1.29 is 28.7 Å². The molecule has 2 amide bonds. The molecule has 0 bridgehead atoms. The standard InChI is InChI=1S/C29H37N3O3Si.C23H23N3O3/c1-19-20(2)26(31-7)15-14-24(19)16-25(21(3)35-36(8,9)29(4,5)6)28(34)32-18-27(33)23-12-10-22(17-30)11-13-23;1-14-15(2)21(25-4)10-9-19(14)11-20(16(3)27)23(29)26-13-22(28)18-7-5-17(12-24)6-8-18/h10-15,21,25H,16,18H2,1-6,8-9H3,(H,32,34);5-10,16,20,27H,11,13H2,1-3H3,(H,26,29)/t21-,25+;16-,20+/m00/s1. The number of benzene rings is 4. The predicted octanol–water partition coefficient (Wildman–Crippen LogP) is 9.56. The van der Waals surface area contributed by atoms with Crippen LogP contribution in [0.4, 0.5) is 11.4 Å². The largest absolute Gasteiger partial charge is 0.413 e. The molecule has 0 radical (unpaired) electrons. The normalized spacial score (nSPS) is 12.9. The van der Waals surface area contributed by atoms with Gasteiger partial charge in [0.05, 0.1) is 73.5 Å². The molecular weight excluding hydrogens is 833 g/mol. The first-order valence-corrected chi connectivity index (χ1v) is 24.3. The van der Waals surface area contributed by atoms with Gasteiger partial charge in [0, 0.05) is 11.1 Å². The molecule has 0 unspecified atom stereocenters. The average Bonchev–Trinajstić information content (AvgIpc) is 3.27. The molecule has 65 heavy (non-hydrogen) atoms. The molecule has 0 saturated heterocycles. The van der Waals surface area contributed by atoms with E-state index < -0.39 is 32.2 Å². The van der Waals surface area contributed by atoms with E-state index in [4.69, 9.17) is 28.1 Å². The quantitative estimate of drug-likeness (QED) is 0.0566. The molecule has 0 fully saturated rings. The fourth-order valence-electron chi connectivity index (χ4n) is 6.82. The van der Waals surface area contributed by atoms with Crippen molar-refractivity contribution in [3.05, 3.63) is 151 Å². The van der Waals surface area contributed by atoms with E-state index in [0.717, 1.165) is 33.4 Å². The zero-order valence-electron chi connectivity index (χ0n) is 39.3. The lowest BCUT2D eigenvalue weighted by Gasteiger charge is -2.40. The minimum atomic E-state index is -2.15. The van der Waals surface area contributed by atoms with Crippen molar-refractivity contribution in [2.75, 3.05) is 13.1 Å². The first-order valence-electron chi connectivity index (χ1n) is 21.4. The number of carbonyl (C=O) groups excluding carboxylic acids is 4. The smallest absolute Gasteiger partial charge is 0.226 e. The molecule has 4 aromatic carbocycles. The Kier molecular flexibility index (Phi) is 18.8. The number of rotatable bonds is 16. The highest BCUT2D eigenvalue weighted by Crippen LogP contribution is 2.39. The number of aliphatic hydroxyl groups is 1. The molecule has 0 aliphatic rings. The van der Waals surface area contributed by atoms with Crippen molar-refractivity contribution in [3.63, 3.8) is 0 Å². The van der Waals surface area contributed by atoms with E-state index in [9.17, 15) is 24.3 Å². The molecule has 13 heteroatoms. The van der Waals surface area contributed by atoms with Crippen LogP contribution in [0.3, 0.4) is 0 Å². The maximum atomic E-state index is 13.5. The summed E-state index contributed by atoms with van der Waals surface area (Å²) in [5.41, 5.74) is 8.51. The van der Waals surface area contributed by atoms with Crippen LogP contribution < -0.4 is 10.6 Å². The van der Waals surface area contributed by atoms with Crippen LogP contribution in [0.25, 0.3) is 9.69 Å². The Balaban J connectivity index is 0.000000353. The minimum Gasteiger partial charge on any atom is -0.413 e. The number of Topliss-reactive ketones (excluding diaryl/α,β-unsaturated/α-hetero) is 2. The van der Waals surface area contributed by atoms with Crippen LogP contribution in [0, 0.1) is 75.3 Å². The van der Waals surface area contributed by atoms with E-state index in [2.05, 4.69) is 54.2 Å². The van der Waals surface area contributed by atoms with Gasteiger partial charge in [-0.05, 0) is 119 Å². The number of carbonyl (C=O) groups is 4. The number of nitrogens with zero attached hydrogens (tertiary/aromatic N) is 4. The molecule has 338 valence electrons. The monoisotopic (exact) mass is 892 g/mol. The minimum absolute atomic E-state index is 0.0162. The summed E-state index contributed by atoms with van der Waals surface area (Å²) in [7, 11) is -2.15. The maximum absolute atomic E-state index is 13.5. The summed E-state index contributed by atoms with van der Waals surface area (Å²) in [4.78, 5) is 58.1. The summed E-state index contributed by atoms with van der Waals surface area (Å²) in [5, 5.41) is 33.3. The van der Waals surface area contributed by atoms with Crippen LogP contribution in [-0.2, 0) is 26.9 Å². The summed E-state index contributed by atoms with van der Waals surface area (Å²) < 4.78 is 6.60. The van der Waals surface area contributed by atoms with Gasteiger partial charge in [0.25, 0.3) is 0 Å². The average molecular weight is 893 g/mol. The molecule has 3 N–H and O–H groups in total.